The number of hydrogen-bond acceptors (Lipinski definition) is 3. The van der Waals surface area contributed by atoms with Crippen molar-refractivity contribution in [2.24, 2.45) is 11.7 Å². The van der Waals surface area contributed by atoms with Crippen LogP contribution in [0.5, 0.6) is 0 Å². The first-order valence-electron chi connectivity index (χ1n) is 7.07. The van der Waals surface area contributed by atoms with Crippen molar-refractivity contribution in [2.45, 2.75) is 25.3 Å². The van der Waals surface area contributed by atoms with Gasteiger partial charge in [0.25, 0.3) is 0 Å². The highest BCUT2D eigenvalue weighted by Crippen LogP contribution is 2.28. The minimum atomic E-state index is 0.107. The van der Waals surface area contributed by atoms with Crippen molar-refractivity contribution in [1.29, 1.82) is 0 Å². The Kier molecular flexibility index (Phi) is 3.42. The maximum atomic E-state index is 12.0. The van der Waals surface area contributed by atoms with Crippen molar-refractivity contribution < 1.29 is 4.79 Å². The van der Waals surface area contributed by atoms with Crippen LogP contribution in [0.25, 0.3) is 0 Å². The molecule has 1 fully saturated rings. The van der Waals surface area contributed by atoms with Crippen molar-refractivity contribution in [3.05, 3.63) is 29.8 Å². The molecule has 3 N–H and O–H groups in total. The Hall–Kier alpha value is -1.55. The first-order valence-corrected chi connectivity index (χ1v) is 7.07. The zero-order valence-corrected chi connectivity index (χ0v) is 11.1. The van der Waals surface area contributed by atoms with Gasteiger partial charge >= 0.3 is 0 Å². The zero-order valence-electron chi connectivity index (χ0n) is 11.1. The first-order chi connectivity index (χ1) is 9.22. The quantitative estimate of drug-likeness (QED) is 0.844. The topological polar surface area (TPSA) is 58.4 Å². The van der Waals surface area contributed by atoms with E-state index in [9.17, 15) is 4.79 Å². The summed E-state index contributed by atoms with van der Waals surface area (Å²) < 4.78 is 0. The van der Waals surface area contributed by atoms with Crippen LogP contribution in [-0.4, -0.2) is 31.6 Å². The Bertz CT molecular complexity index is 470. The second-order valence-electron chi connectivity index (χ2n) is 5.72. The molecule has 1 aromatic carbocycles. The van der Waals surface area contributed by atoms with Gasteiger partial charge in [-0.25, -0.2) is 0 Å². The van der Waals surface area contributed by atoms with Gasteiger partial charge in [-0.15, -0.1) is 0 Å². The fourth-order valence-electron chi connectivity index (χ4n) is 2.68. The summed E-state index contributed by atoms with van der Waals surface area (Å²) in [6.07, 6.45) is 3.42. The molecule has 1 heterocycles. The second-order valence-corrected chi connectivity index (χ2v) is 5.72. The number of nitrogens with two attached hydrogens (primary N) is 1. The van der Waals surface area contributed by atoms with Crippen LogP contribution in [-0.2, 0) is 11.2 Å². The van der Waals surface area contributed by atoms with Gasteiger partial charge < -0.3 is 16.0 Å². The van der Waals surface area contributed by atoms with Crippen molar-refractivity contribution in [3.63, 3.8) is 0 Å². The Labute approximate surface area is 114 Å². The lowest BCUT2D eigenvalue weighted by atomic mass is 9.98. The normalized spacial score (nSPS) is 21.9. The highest BCUT2D eigenvalue weighted by atomic mass is 16.2. The van der Waals surface area contributed by atoms with Crippen LogP contribution >= 0.6 is 0 Å². The van der Waals surface area contributed by atoms with Crippen molar-refractivity contribution in [1.82, 2.24) is 5.32 Å². The number of benzene rings is 1. The van der Waals surface area contributed by atoms with Crippen LogP contribution in [0.3, 0.4) is 0 Å². The number of fused-ring (bicyclic) bond motifs is 1. The summed E-state index contributed by atoms with van der Waals surface area (Å²) >= 11 is 0. The molecule has 0 saturated heterocycles. The summed E-state index contributed by atoms with van der Waals surface area (Å²) in [4.78, 5) is 14.1. The minimum Gasteiger partial charge on any atom is -0.360 e. The Morgan fingerprint density at radius 2 is 2.16 bits per heavy atom. The molecular formula is C15H21N3O. The Morgan fingerprint density at radius 1 is 1.37 bits per heavy atom. The Morgan fingerprint density at radius 3 is 2.95 bits per heavy atom. The molecule has 1 atom stereocenters. The third-order valence-corrected chi connectivity index (χ3v) is 3.89. The van der Waals surface area contributed by atoms with E-state index in [0.29, 0.717) is 6.54 Å². The summed E-state index contributed by atoms with van der Waals surface area (Å²) in [6, 6.07) is 8.34. The molecule has 1 aliphatic heterocycles. The molecule has 0 spiro atoms. The van der Waals surface area contributed by atoms with Crippen LogP contribution in [0.15, 0.2) is 24.3 Å². The van der Waals surface area contributed by atoms with E-state index < -0.39 is 0 Å². The fourth-order valence-corrected chi connectivity index (χ4v) is 2.68. The molecule has 1 unspecified atom stereocenters. The molecule has 2 aliphatic rings. The van der Waals surface area contributed by atoms with Crippen molar-refractivity contribution in [3.8, 4) is 0 Å². The van der Waals surface area contributed by atoms with Crippen LogP contribution in [0.4, 0.5) is 5.69 Å². The van der Waals surface area contributed by atoms with Crippen molar-refractivity contribution in [2.75, 3.05) is 24.5 Å². The average Bonchev–Trinajstić information content (AvgIpc) is 3.20. The highest BCUT2D eigenvalue weighted by molar-refractivity contribution is 5.82. The zero-order chi connectivity index (χ0) is 13.2. The summed E-state index contributed by atoms with van der Waals surface area (Å²) in [5.41, 5.74) is 8.48. The smallest absolute Gasteiger partial charge is 0.239 e. The number of carbonyl (C=O) groups is 1. The molecule has 1 amide bonds. The summed E-state index contributed by atoms with van der Waals surface area (Å²) in [7, 11) is 0. The number of rotatable bonds is 4. The largest absolute Gasteiger partial charge is 0.360 e. The number of hydrogen-bond donors (Lipinski definition) is 2. The minimum absolute atomic E-state index is 0.107. The number of nitrogens with one attached hydrogen (secondary N) is 1. The maximum absolute atomic E-state index is 12.0. The van der Waals surface area contributed by atoms with Gasteiger partial charge in [-0.1, -0.05) is 18.2 Å². The van der Waals surface area contributed by atoms with E-state index in [1.807, 2.05) is 12.1 Å². The molecule has 1 saturated carbocycles. The van der Waals surface area contributed by atoms with Gasteiger partial charge in [0.15, 0.2) is 0 Å². The molecule has 0 radical (unpaired) electrons. The molecule has 0 bridgehead atoms. The summed E-state index contributed by atoms with van der Waals surface area (Å²) in [5, 5.41) is 3.02. The molecular weight excluding hydrogens is 238 g/mol. The molecule has 1 aliphatic carbocycles. The third-order valence-electron chi connectivity index (χ3n) is 3.89. The number of amides is 1. The van der Waals surface area contributed by atoms with Gasteiger partial charge in [0.05, 0.1) is 6.54 Å². The van der Waals surface area contributed by atoms with Crippen LogP contribution < -0.4 is 16.0 Å². The lowest BCUT2D eigenvalue weighted by Crippen LogP contribution is -2.47. The van der Waals surface area contributed by atoms with E-state index in [2.05, 4.69) is 22.3 Å². The second kappa shape index (κ2) is 5.21. The number of carbonyl (C=O) groups excluding carboxylic acids is 1. The summed E-state index contributed by atoms with van der Waals surface area (Å²) in [5.74, 6) is 0.829. The van der Waals surface area contributed by atoms with E-state index >= 15 is 0 Å². The molecule has 0 aromatic heterocycles. The fraction of sp³-hybridized carbons (Fsp3) is 0.533. The standard InChI is InChI=1S/C15H21N3O/c16-13-7-12-3-1-2-4-14(12)18(9-13)10-15(19)17-8-11-5-6-11/h1-4,11,13H,5-10,16H2,(H,17,19). The molecule has 19 heavy (non-hydrogen) atoms. The highest BCUT2D eigenvalue weighted by Gasteiger charge is 2.25. The van der Waals surface area contributed by atoms with Gasteiger partial charge in [-0.3, -0.25) is 4.79 Å². The lowest BCUT2D eigenvalue weighted by Gasteiger charge is -2.34. The van der Waals surface area contributed by atoms with Crippen LogP contribution in [0.2, 0.25) is 0 Å². The monoisotopic (exact) mass is 259 g/mol. The number of anilines is 1. The van der Waals surface area contributed by atoms with Crippen LogP contribution in [0.1, 0.15) is 18.4 Å². The van der Waals surface area contributed by atoms with E-state index in [1.54, 1.807) is 0 Å². The van der Waals surface area contributed by atoms with E-state index in [0.717, 1.165) is 31.1 Å². The van der Waals surface area contributed by atoms with Gasteiger partial charge in [0.1, 0.15) is 0 Å². The average molecular weight is 259 g/mol. The molecule has 1 aromatic rings. The van der Waals surface area contributed by atoms with Crippen LogP contribution in [0, 0.1) is 5.92 Å². The van der Waals surface area contributed by atoms with E-state index in [4.69, 9.17) is 5.73 Å². The third kappa shape index (κ3) is 3.07. The van der Waals surface area contributed by atoms with Gasteiger partial charge in [0, 0.05) is 24.8 Å². The molecule has 102 valence electrons. The number of nitrogens with zero attached hydrogens (tertiary/aromatic N) is 1. The van der Waals surface area contributed by atoms with Gasteiger partial charge in [-0.2, -0.15) is 0 Å². The van der Waals surface area contributed by atoms with Gasteiger partial charge in [-0.05, 0) is 36.8 Å². The maximum Gasteiger partial charge on any atom is 0.239 e. The summed E-state index contributed by atoms with van der Waals surface area (Å²) in [6.45, 7) is 2.01. The van der Waals surface area contributed by atoms with E-state index in [-0.39, 0.29) is 11.9 Å². The number of para-hydroxylation sites is 1. The predicted molar refractivity (Wildman–Crippen MR) is 76.1 cm³/mol. The van der Waals surface area contributed by atoms with E-state index in [1.165, 1.54) is 18.4 Å². The van der Waals surface area contributed by atoms with Gasteiger partial charge in [0.2, 0.25) is 5.91 Å². The molecule has 3 rings (SSSR count). The lowest BCUT2D eigenvalue weighted by molar-refractivity contribution is -0.119. The Balaban J connectivity index is 1.64. The SMILES string of the molecule is NC1Cc2ccccc2N(CC(=O)NCC2CC2)C1. The van der Waals surface area contributed by atoms with Crippen molar-refractivity contribution >= 4 is 11.6 Å². The first kappa shape index (κ1) is 12.5. The molecule has 4 heteroatoms. The predicted octanol–water partition coefficient (Wildman–Crippen LogP) is 0.903. The molecule has 4 nitrogen and oxygen atoms in total.